The van der Waals surface area contributed by atoms with E-state index in [1.807, 2.05) is 5.32 Å². The van der Waals surface area contributed by atoms with Crippen molar-refractivity contribution in [2.75, 3.05) is 11.9 Å². The first-order chi connectivity index (χ1) is 8.30. The van der Waals surface area contributed by atoms with Crippen molar-refractivity contribution in [1.29, 1.82) is 0 Å². The molecule has 18 heavy (non-hydrogen) atoms. The first-order valence-corrected chi connectivity index (χ1v) is 4.90. The molecule has 0 aliphatic rings. The second-order valence-corrected chi connectivity index (χ2v) is 3.37. The van der Waals surface area contributed by atoms with Crippen LogP contribution in [0.4, 0.5) is 18.9 Å². The van der Waals surface area contributed by atoms with Gasteiger partial charge in [-0.1, -0.05) is 12.1 Å². The van der Waals surface area contributed by atoms with Crippen LogP contribution in [0.15, 0.2) is 24.3 Å². The number of benzene rings is 1. The molecule has 0 unspecified atom stereocenters. The fraction of sp³-hybridized carbons (Fsp3) is 0.273. The zero-order valence-electron chi connectivity index (χ0n) is 9.38. The second-order valence-electron chi connectivity index (χ2n) is 3.37. The molecule has 0 atom stereocenters. The maximum absolute atomic E-state index is 12.6. The third-order valence-corrected chi connectivity index (χ3v) is 1.91. The lowest BCUT2D eigenvalue weighted by Crippen LogP contribution is -2.21. The highest BCUT2D eigenvalue weighted by Gasteiger charge is 2.33. The van der Waals surface area contributed by atoms with E-state index >= 15 is 0 Å². The van der Waals surface area contributed by atoms with E-state index in [0.29, 0.717) is 0 Å². The van der Waals surface area contributed by atoms with Gasteiger partial charge in [-0.05, 0) is 12.1 Å². The molecule has 0 bridgehead atoms. The lowest BCUT2D eigenvalue weighted by molar-refractivity contribution is -0.145. The summed E-state index contributed by atoms with van der Waals surface area (Å²) in [6.07, 6.45) is -4.56. The van der Waals surface area contributed by atoms with E-state index in [-0.39, 0.29) is 5.69 Å². The second kappa shape index (κ2) is 5.52. The quantitative estimate of drug-likeness (QED) is 0.849. The maximum atomic E-state index is 12.6. The van der Waals surface area contributed by atoms with Crippen LogP contribution < -0.4 is 5.32 Å². The van der Waals surface area contributed by atoms with Gasteiger partial charge in [-0.25, -0.2) is 0 Å². The number of hydrogen-bond donors (Lipinski definition) is 1. The van der Waals surface area contributed by atoms with E-state index in [1.54, 1.807) is 0 Å². The summed E-state index contributed by atoms with van der Waals surface area (Å²) in [5.41, 5.74) is -1.33. The molecule has 0 spiro atoms. The molecule has 0 radical (unpaired) electrons. The van der Waals surface area contributed by atoms with Crippen molar-refractivity contribution in [3.8, 4) is 0 Å². The van der Waals surface area contributed by atoms with Crippen LogP contribution in [0.25, 0.3) is 0 Å². The average molecular weight is 261 g/mol. The van der Waals surface area contributed by atoms with Crippen molar-refractivity contribution in [2.24, 2.45) is 0 Å². The highest BCUT2D eigenvalue weighted by atomic mass is 19.4. The van der Waals surface area contributed by atoms with E-state index in [4.69, 9.17) is 0 Å². The number of nitrogens with one attached hydrogen (secondary N) is 1. The van der Waals surface area contributed by atoms with Crippen LogP contribution in [0, 0.1) is 0 Å². The number of carbonyl (C=O) groups excluding carboxylic acids is 2. The topological polar surface area (TPSA) is 55.4 Å². The van der Waals surface area contributed by atoms with Gasteiger partial charge in [0.05, 0.1) is 11.3 Å². The summed E-state index contributed by atoms with van der Waals surface area (Å²) in [5, 5.41) is 2.04. The Morgan fingerprint density at radius 3 is 2.44 bits per heavy atom. The predicted octanol–water partition coefficient (Wildman–Crippen LogP) is 2.21. The first kappa shape index (κ1) is 14.0. The Balaban J connectivity index is 2.79. The zero-order chi connectivity index (χ0) is 13.8. The van der Waals surface area contributed by atoms with E-state index < -0.39 is 30.2 Å². The van der Waals surface area contributed by atoms with Crippen molar-refractivity contribution >= 4 is 17.6 Å². The van der Waals surface area contributed by atoms with Gasteiger partial charge in [0, 0.05) is 6.92 Å². The van der Waals surface area contributed by atoms with Crippen LogP contribution in [0.1, 0.15) is 12.5 Å². The Morgan fingerprint density at radius 1 is 1.28 bits per heavy atom. The third-order valence-electron chi connectivity index (χ3n) is 1.91. The summed E-state index contributed by atoms with van der Waals surface area (Å²) in [7, 11) is 0. The SMILES string of the molecule is CC(=O)OCC(=O)Nc1ccccc1C(F)(F)F. The molecule has 1 aromatic rings. The number of esters is 1. The van der Waals surface area contributed by atoms with Crippen molar-refractivity contribution in [3.63, 3.8) is 0 Å². The lowest BCUT2D eigenvalue weighted by atomic mass is 10.1. The number of amides is 1. The van der Waals surface area contributed by atoms with Gasteiger partial charge in [0.15, 0.2) is 6.61 Å². The Labute approximate surface area is 101 Å². The molecule has 1 amide bonds. The summed E-state index contributed by atoms with van der Waals surface area (Å²) in [6.45, 7) is 0.471. The maximum Gasteiger partial charge on any atom is 0.418 e. The van der Waals surface area contributed by atoms with Crippen LogP contribution in [-0.4, -0.2) is 18.5 Å². The van der Waals surface area contributed by atoms with Gasteiger partial charge in [-0.15, -0.1) is 0 Å². The molecule has 0 saturated carbocycles. The molecule has 1 aromatic carbocycles. The fourth-order valence-electron chi connectivity index (χ4n) is 1.19. The van der Waals surface area contributed by atoms with Gasteiger partial charge < -0.3 is 10.1 Å². The van der Waals surface area contributed by atoms with Crippen molar-refractivity contribution in [3.05, 3.63) is 29.8 Å². The van der Waals surface area contributed by atoms with Crippen LogP contribution in [-0.2, 0) is 20.5 Å². The van der Waals surface area contributed by atoms with Crippen LogP contribution in [0.5, 0.6) is 0 Å². The summed E-state index contributed by atoms with van der Waals surface area (Å²) >= 11 is 0. The summed E-state index contributed by atoms with van der Waals surface area (Å²) in [6, 6.07) is 4.54. The molecule has 0 saturated heterocycles. The number of halogens is 3. The highest BCUT2D eigenvalue weighted by Crippen LogP contribution is 2.34. The Hall–Kier alpha value is -2.05. The Bertz CT molecular complexity index is 457. The van der Waals surface area contributed by atoms with Gasteiger partial charge >= 0.3 is 12.1 Å². The molecule has 0 aliphatic heterocycles. The van der Waals surface area contributed by atoms with Gasteiger partial charge in [0.25, 0.3) is 5.91 Å². The molecule has 0 aliphatic carbocycles. The summed E-state index contributed by atoms with van der Waals surface area (Å²) < 4.78 is 42.1. The van der Waals surface area contributed by atoms with Crippen molar-refractivity contribution in [1.82, 2.24) is 0 Å². The molecule has 1 N–H and O–H groups in total. The summed E-state index contributed by atoms with van der Waals surface area (Å²) in [4.78, 5) is 21.7. The smallest absolute Gasteiger partial charge is 0.418 e. The van der Waals surface area contributed by atoms with Gasteiger partial charge in [0.2, 0.25) is 0 Å². The molecule has 1 rings (SSSR count). The van der Waals surface area contributed by atoms with Crippen molar-refractivity contribution in [2.45, 2.75) is 13.1 Å². The number of para-hydroxylation sites is 1. The zero-order valence-corrected chi connectivity index (χ0v) is 9.38. The highest BCUT2D eigenvalue weighted by molar-refractivity contribution is 5.93. The summed E-state index contributed by atoms with van der Waals surface area (Å²) in [5.74, 6) is -1.52. The van der Waals surface area contributed by atoms with E-state index in [9.17, 15) is 22.8 Å². The Kier molecular flexibility index (Phi) is 4.30. The van der Waals surface area contributed by atoms with Crippen LogP contribution >= 0.6 is 0 Å². The Morgan fingerprint density at radius 2 is 1.89 bits per heavy atom. The number of alkyl halides is 3. The number of anilines is 1. The number of ether oxygens (including phenoxy) is 1. The molecular formula is C11H10F3NO3. The number of rotatable bonds is 3. The largest absolute Gasteiger partial charge is 0.456 e. The first-order valence-electron chi connectivity index (χ1n) is 4.90. The van der Waals surface area contributed by atoms with Crippen LogP contribution in [0.2, 0.25) is 0 Å². The van der Waals surface area contributed by atoms with Crippen molar-refractivity contribution < 1.29 is 27.5 Å². The van der Waals surface area contributed by atoms with E-state index in [0.717, 1.165) is 19.1 Å². The lowest BCUT2D eigenvalue weighted by Gasteiger charge is -2.13. The van der Waals surface area contributed by atoms with Gasteiger partial charge in [0.1, 0.15) is 0 Å². The minimum atomic E-state index is -4.56. The molecule has 0 fully saturated rings. The molecule has 0 aromatic heterocycles. The van der Waals surface area contributed by atoms with Gasteiger partial charge in [-0.2, -0.15) is 13.2 Å². The minimum absolute atomic E-state index is 0.373. The molecular weight excluding hydrogens is 251 g/mol. The molecule has 7 heteroatoms. The van der Waals surface area contributed by atoms with E-state index in [2.05, 4.69) is 4.74 Å². The molecule has 0 heterocycles. The minimum Gasteiger partial charge on any atom is -0.456 e. The molecule has 98 valence electrons. The number of carbonyl (C=O) groups is 2. The fourth-order valence-corrected chi connectivity index (χ4v) is 1.19. The molecule has 4 nitrogen and oxygen atoms in total. The number of hydrogen-bond acceptors (Lipinski definition) is 3. The third kappa shape index (κ3) is 4.08. The average Bonchev–Trinajstić information content (AvgIpc) is 2.25. The predicted molar refractivity (Wildman–Crippen MR) is 56.7 cm³/mol. The monoisotopic (exact) mass is 261 g/mol. The van der Waals surface area contributed by atoms with Crippen LogP contribution in [0.3, 0.4) is 0 Å². The standard InChI is InChI=1S/C11H10F3NO3/c1-7(16)18-6-10(17)15-9-5-3-2-4-8(9)11(12,13)14/h2-5H,6H2,1H3,(H,15,17). The van der Waals surface area contributed by atoms with E-state index in [1.165, 1.54) is 12.1 Å². The normalized spacial score (nSPS) is 10.9. The van der Waals surface area contributed by atoms with Gasteiger partial charge in [-0.3, -0.25) is 9.59 Å².